The van der Waals surface area contributed by atoms with Crippen molar-refractivity contribution in [3.8, 4) is 0 Å². The van der Waals surface area contributed by atoms with Gasteiger partial charge in [0.25, 0.3) is 5.91 Å². The van der Waals surface area contributed by atoms with Gasteiger partial charge in [0.15, 0.2) is 0 Å². The first kappa shape index (κ1) is 13.0. The summed E-state index contributed by atoms with van der Waals surface area (Å²) >= 11 is 2.16. The van der Waals surface area contributed by atoms with Crippen LogP contribution in [0.1, 0.15) is 21.7 Å². The molecule has 0 aliphatic rings. The van der Waals surface area contributed by atoms with Crippen LogP contribution in [0.3, 0.4) is 0 Å². The van der Waals surface area contributed by atoms with Crippen molar-refractivity contribution >= 4 is 28.5 Å². The Morgan fingerprint density at radius 2 is 2.00 bits per heavy atom. The summed E-state index contributed by atoms with van der Waals surface area (Å²) in [6, 6.07) is 13.3. The van der Waals surface area contributed by atoms with Gasteiger partial charge in [0, 0.05) is 9.26 Å². The number of nitrogens with one attached hydrogen (secondary N) is 1. The Balaban J connectivity index is 2.03. The second kappa shape index (κ2) is 5.95. The number of halogens is 1. The third-order valence-corrected chi connectivity index (χ3v) is 3.44. The average Bonchev–Trinajstić information content (AvgIpc) is 2.37. The normalized spacial score (nSPS) is 10.1. The molecule has 0 saturated heterocycles. The molecule has 18 heavy (non-hydrogen) atoms. The molecule has 0 saturated carbocycles. The number of pyridine rings is 1. The standard InChI is InChI=1S/C14H13IN2O/c1-10-5-4-6-11(17-10)9-16-14(18)12-7-2-3-8-13(12)15/h2-8H,9H2,1H3,(H,16,18). The molecule has 0 radical (unpaired) electrons. The van der Waals surface area contributed by atoms with Crippen LogP contribution in [-0.4, -0.2) is 10.9 Å². The summed E-state index contributed by atoms with van der Waals surface area (Å²) in [5.41, 5.74) is 2.52. The summed E-state index contributed by atoms with van der Waals surface area (Å²) in [7, 11) is 0. The van der Waals surface area contributed by atoms with Crippen molar-refractivity contribution in [2.45, 2.75) is 13.5 Å². The highest BCUT2D eigenvalue weighted by Gasteiger charge is 2.08. The third-order valence-electron chi connectivity index (χ3n) is 2.49. The average molecular weight is 352 g/mol. The zero-order valence-corrected chi connectivity index (χ0v) is 12.1. The molecular formula is C14H13IN2O. The van der Waals surface area contributed by atoms with Crippen molar-refractivity contribution < 1.29 is 4.79 Å². The summed E-state index contributed by atoms with van der Waals surface area (Å²) in [5, 5.41) is 2.88. The van der Waals surface area contributed by atoms with Gasteiger partial charge < -0.3 is 5.32 Å². The predicted octanol–water partition coefficient (Wildman–Crippen LogP) is 2.92. The SMILES string of the molecule is Cc1cccc(CNC(=O)c2ccccc2I)n1. The molecule has 3 nitrogen and oxygen atoms in total. The zero-order chi connectivity index (χ0) is 13.0. The van der Waals surface area contributed by atoms with Gasteiger partial charge in [-0.15, -0.1) is 0 Å². The van der Waals surface area contributed by atoms with Gasteiger partial charge in [0.1, 0.15) is 0 Å². The lowest BCUT2D eigenvalue weighted by molar-refractivity contribution is 0.0949. The van der Waals surface area contributed by atoms with Crippen LogP contribution in [0.15, 0.2) is 42.5 Å². The molecule has 1 aromatic heterocycles. The number of hydrogen-bond donors (Lipinski definition) is 1. The molecule has 2 aromatic rings. The summed E-state index contributed by atoms with van der Waals surface area (Å²) in [4.78, 5) is 16.3. The van der Waals surface area contributed by atoms with Gasteiger partial charge in [-0.1, -0.05) is 18.2 Å². The van der Waals surface area contributed by atoms with Gasteiger partial charge >= 0.3 is 0 Å². The Morgan fingerprint density at radius 1 is 1.22 bits per heavy atom. The van der Waals surface area contributed by atoms with E-state index < -0.39 is 0 Å². The fourth-order valence-electron chi connectivity index (χ4n) is 1.61. The van der Waals surface area contributed by atoms with Crippen molar-refractivity contribution in [1.82, 2.24) is 10.3 Å². The van der Waals surface area contributed by atoms with Crippen molar-refractivity contribution in [1.29, 1.82) is 0 Å². The number of aryl methyl sites for hydroxylation is 1. The van der Waals surface area contributed by atoms with Gasteiger partial charge in [-0.05, 0) is 53.8 Å². The highest BCUT2D eigenvalue weighted by Crippen LogP contribution is 2.11. The highest BCUT2D eigenvalue weighted by atomic mass is 127. The van der Waals surface area contributed by atoms with Crippen LogP contribution in [0.2, 0.25) is 0 Å². The zero-order valence-electron chi connectivity index (χ0n) is 9.98. The number of aromatic nitrogens is 1. The van der Waals surface area contributed by atoms with Gasteiger partial charge in [0.05, 0.1) is 17.8 Å². The molecule has 0 bridgehead atoms. The van der Waals surface area contributed by atoms with Crippen molar-refractivity contribution in [3.63, 3.8) is 0 Å². The van der Waals surface area contributed by atoms with Crippen molar-refractivity contribution in [2.24, 2.45) is 0 Å². The summed E-state index contributed by atoms with van der Waals surface area (Å²) in [6.45, 7) is 2.39. The Bertz CT molecular complexity index is 569. The highest BCUT2D eigenvalue weighted by molar-refractivity contribution is 14.1. The quantitative estimate of drug-likeness (QED) is 0.864. The predicted molar refractivity (Wildman–Crippen MR) is 79.3 cm³/mol. The Morgan fingerprint density at radius 3 is 2.72 bits per heavy atom. The van der Waals surface area contributed by atoms with Crippen LogP contribution in [-0.2, 0) is 6.54 Å². The van der Waals surface area contributed by atoms with Crippen molar-refractivity contribution in [3.05, 3.63) is 63.0 Å². The molecule has 0 spiro atoms. The van der Waals surface area contributed by atoms with Gasteiger partial charge in [-0.25, -0.2) is 0 Å². The monoisotopic (exact) mass is 352 g/mol. The minimum atomic E-state index is -0.0664. The van der Waals surface area contributed by atoms with Gasteiger partial charge in [0.2, 0.25) is 0 Å². The number of hydrogen-bond acceptors (Lipinski definition) is 2. The van der Waals surface area contributed by atoms with E-state index in [4.69, 9.17) is 0 Å². The van der Waals surface area contributed by atoms with E-state index >= 15 is 0 Å². The molecule has 1 N–H and O–H groups in total. The van der Waals surface area contributed by atoms with E-state index in [1.54, 1.807) is 0 Å². The number of carbonyl (C=O) groups is 1. The fraction of sp³-hybridized carbons (Fsp3) is 0.143. The van der Waals surface area contributed by atoms with Gasteiger partial charge in [-0.3, -0.25) is 9.78 Å². The van der Waals surface area contributed by atoms with E-state index in [1.807, 2.05) is 49.4 Å². The van der Waals surface area contributed by atoms with Crippen LogP contribution >= 0.6 is 22.6 Å². The molecule has 2 rings (SSSR count). The first-order valence-electron chi connectivity index (χ1n) is 5.62. The first-order chi connectivity index (χ1) is 8.66. The van der Waals surface area contributed by atoms with Gasteiger partial charge in [-0.2, -0.15) is 0 Å². The molecule has 92 valence electrons. The molecule has 0 unspecified atom stereocenters. The molecule has 4 heteroatoms. The van der Waals surface area contributed by atoms with Crippen LogP contribution in [0, 0.1) is 10.5 Å². The Kier molecular flexibility index (Phi) is 4.30. The van der Waals surface area contributed by atoms with E-state index in [0.717, 1.165) is 15.0 Å². The first-order valence-corrected chi connectivity index (χ1v) is 6.70. The molecule has 1 amide bonds. The molecule has 0 atom stereocenters. The molecule has 1 heterocycles. The largest absolute Gasteiger partial charge is 0.346 e. The van der Waals surface area contributed by atoms with E-state index in [1.165, 1.54) is 0 Å². The number of amides is 1. The lowest BCUT2D eigenvalue weighted by Crippen LogP contribution is -2.24. The van der Waals surface area contributed by atoms with E-state index in [2.05, 4.69) is 32.9 Å². The lowest BCUT2D eigenvalue weighted by atomic mass is 10.2. The molecule has 0 aliphatic carbocycles. The third kappa shape index (κ3) is 3.29. The van der Waals surface area contributed by atoms with Crippen LogP contribution < -0.4 is 5.32 Å². The summed E-state index contributed by atoms with van der Waals surface area (Å²) < 4.78 is 0.949. The maximum absolute atomic E-state index is 12.0. The number of carbonyl (C=O) groups excluding carboxylic acids is 1. The minimum absolute atomic E-state index is 0.0664. The summed E-state index contributed by atoms with van der Waals surface area (Å²) in [6.07, 6.45) is 0. The Labute approximate surface area is 120 Å². The number of benzene rings is 1. The molecule has 0 aliphatic heterocycles. The maximum Gasteiger partial charge on any atom is 0.252 e. The molecule has 0 fully saturated rings. The van der Waals surface area contributed by atoms with Crippen LogP contribution in [0.5, 0.6) is 0 Å². The van der Waals surface area contributed by atoms with E-state index in [9.17, 15) is 4.79 Å². The van der Waals surface area contributed by atoms with E-state index in [-0.39, 0.29) is 5.91 Å². The molecular weight excluding hydrogens is 339 g/mol. The topological polar surface area (TPSA) is 42.0 Å². The fourth-order valence-corrected chi connectivity index (χ4v) is 2.24. The Hall–Kier alpha value is -1.43. The maximum atomic E-state index is 12.0. The second-order valence-electron chi connectivity index (χ2n) is 3.93. The minimum Gasteiger partial charge on any atom is -0.346 e. The van der Waals surface area contributed by atoms with Crippen molar-refractivity contribution in [2.75, 3.05) is 0 Å². The van der Waals surface area contributed by atoms with Crippen LogP contribution in [0.4, 0.5) is 0 Å². The van der Waals surface area contributed by atoms with Crippen LogP contribution in [0.25, 0.3) is 0 Å². The second-order valence-corrected chi connectivity index (χ2v) is 5.10. The lowest BCUT2D eigenvalue weighted by Gasteiger charge is -2.06. The van der Waals surface area contributed by atoms with E-state index in [0.29, 0.717) is 12.1 Å². The summed E-state index contributed by atoms with van der Waals surface area (Å²) in [5.74, 6) is -0.0664. The number of nitrogens with zero attached hydrogens (tertiary/aromatic N) is 1. The molecule has 1 aromatic carbocycles. The number of rotatable bonds is 3. The smallest absolute Gasteiger partial charge is 0.252 e.